The number of sulfonamides is 1. The van der Waals surface area contributed by atoms with Crippen LogP contribution in [-0.2, 0) is 21.4 Å². The molecule has 9 heteroatoms. The fourth-order valence-corrected chi connectivity index (χ4v) is 6.04. The van der Waals surface area contributed by atoms with Crippen molar-refractivity contribution in [3.05, 3.63) is 76.4 Å². The predicted octanol–water partition coefficient (Wildman–Crippen LogP) is 4.24. The minimum Gasteiger partial charge on any atom is -0.311 e. The lowest BCUT2D eigenvalue weighted by Gasteiger charge is -2.31. The van der Waals surface area contributed by atoms with E-state index in [0.29, 0.717) is 48.2 Å². The van der Waals surface area contributed by atoms with Gasteiger partial charge in [0.05, 0.1) is 17.6 Å². The van der Waals surface area contributed by atoms with Crippen molar-refractivity contribution in [2.45, 2.75) is 38.1 Å². The maximum absolute atomic E-state index is 13.1. The van der Waals surface area contributed by atoms with E-state index >= 15 is 0 Å². The zero-order valence-corrected chi connectivity index (χ0v) is 20.2. The zero-order chi connectivity index (χ0) is 23.6. The lowest BCUT2D eigenvalue weighted by atomic mass is 9.97. The van der Waals surface area contributed by atoms with Crippen LogP contribution in [0.25, 0.3) is 0 Å². The summed E-state index contributed by atoms with van der Waals surface area (Å²) in [6.07, 6.45) is 2.56. The molecule has 2 heterocycles. The van der Waals surface area contributed by atoms with Gasteiger partial charge in [-0.2, -0.15) is 9.40 Å². The Morgan fingerprint density at radius 1 is 1.12 bits per heavy atom. The smallest absolute Gasteiger partial charge is 0.243 e. The molecule has 0 radical (unpaired) electrons. The van der Waals surface area contributed by atoms with Crippen molar-refractivity contribution in [1.82, 2.24) is 14.1 Å². The number of rotatable bonds is 6. The van der Waals surface area contributed by atoms with Gasteiger partial charge in [0.2, 0.25) is 15.9 Å². The Bertz CT molecular complexity index is 1260. The number of nitrogens with one attached hydrogen (secondary N) is 1. The molecule has 0 saturated carbocycles. The second-order valence-electron chi connectivity index (χ2n) is 8.40. The molecule has 4 rings (SSSR count). The summed E-state index contributed by atoms with van der Waals surface area (Å²) in [6.45, 7) is 4.81. The number of benzene rings is 2. The Balaban J connectivity index is 1.39. The fourth-order valence-electron chi connectivity index (χ4n) is 4.17. The Labute approximate surface area is 199 Å². The number of aryl methyl sites for hydroxylation is 2. The van der Waals surface area contributed by atoms with Gasteiger partial charge in [-0.05, 0) is 49.9 Å². The van der Waals surface area contributed by atoms with Crippen LogP contribution in [-0.4, -0.2) is 41.5 Å². The Hall–Kier alpha value is -2.68. The fraction of sp³-hybridized carbons (Fsp3) is 0.333. The van der Waals surface area contributed by atoms with Gasteiger partial charge in [0, 0.05) is 30.1 Å². The summed E-state index contributed by atoms with van der Waals surface area (Å²) in [5.41, 5.74) is 2.67. The van der Waals surface area contributed by atoms with E-state index in [9.17, 15) is 13.2 Å². The van der Waals surface area contributed by atoms with Gasteiger partial charge >= 0.3 is 0 Å². The molecule has 3 aromatic rings. The van der Waals surface area contributed by atoms with Crippen molar-refractivity contribution >= 4 is 33.3 Å². The van der Waals surface area contributed by atoms with Crippen LogP contribution >= 0.6 is 11.6 Å². The number of aromatic nitrogens is 2. The van der Waals surface area contributed by atoms with Crippen molar-refractivity contribution in [2.75, 3.05) is 18.4 Å². The predicted molar refractivity (Wildman–Crippen MR) is 129 cm³/mol. The van der Waals surface area contributed by atoms with Gasteiger partial charge in [-0.1, -0.05) is 47.5 Å². The highest BCUT2D eigenvalue weighted by molar-refractivity contribution is 7.89. The Morgan fingerprint density at radius 3 is 2.55 bits per heavy atom. The Morgan fingerprint density at radius 2 is 1.85 bits per heavy atom. The van der Waals surface area contributed by atoms with E-state index in [1.807, 2.05) is 50.2 Å². The summed E-state index contributed by atoms with van der Waals surface area (Å²) in [4.78, 5) is 13.2. The first-order chi connectivity index (χ1) is 15.8. The number of piperidine rings is 1. The van der Waals surface area contributed by atoms with Crippen molar-refractivity contribution in [2.24, 2.45) is 5.92 Å². The van der Waals surface area contributed by atoms with E-state index in [1.165, 1.54) is 4.31 Å². The molecule has 0 aliphatic carbocycles. The minimum absolute atomic E-state index is 0.125. The molecular weight excluding hydrogens is 460 g/mol. The quantitative estimate of drug-likeness (QED) is 0.564. The maximum Gasteiger partial charge on any atom is 0.243 e. The number of carbonyl (C=O) groups excluding carboxylic acids is 1. The molecule has 1 aliphatic rings. The number of hydrogen-bond donors (Lipinski definition) is 1. The number of anilines is 1. The normalized spacial score (nSPS) is 15.5. The third-order valence-corrected chi connectivity index (χ3v) is 8.45. The number of nitrogens with zero attached hydrogens (tertiary/aromatic N) is 3. The number of hydrogen-bond acceptors (Lipinski definition) is 4. The highest BCUT2D eigenvalue weighted by Gasteiger charge is 2.33. The van der Waals surface area contributed by atoms with E-state index < -0.39 is 10.0 Å². The van der Waals surface area contributed by atoms with Crippen LogP contribution in [0, 0.1) is 19.8 Å². The molecule has 33 heavy (non-hydrogen) atoms. The van der Waals surface area contributed by atoms with Gasteiger partial charge in [-0.25, -0.2) is 13.1 Å². The first-order valence-electron chi connectivity index (χ1n) is 10.9. The van der Waals surface area contributed by atoms with Gasteiger partial charge in [0.1, 0.15) is 5.82 Å². The molecule has 1 aromatic heterocycles. The largest absolute Gasteiger partial charge is 0.311 e. The third kappa shape index (κ3) is 5.13. The Kier molecular flexibility index (Phi) is 6.88. The second-order valence-corrected chi connectivity index (χ2v) is 10.7. The standard InChI is InChI=1S/C24H27ClN4O3S/c1-17-7-8-22(18(2)15-17)33(31,32)28-13-10-19(11-14-28)24(30)27-23-9-12-26-29(23)16-20-5-3-4-6-21(20)25/h3-9,12,15,19H,10-11,13-14,16H2,1-2H3,(H,27,30). The molecule has 174 valence electrons. The molecule has 2 aromatic carbocycles. The molecule has 1 amide bonds. The summed E-state index contributed by atoms with van der Waals surface area (Å²) in [5.74, 6) is 0.198. The third-order valence-electron chi connectivity index (χ3n) is 6.02. The second kappa shape index (κ2) is 9.67. The van der Waals surface area contributed by atoms with Gasteiger partial charge < -0.3 is 5.32 Å². The van der Waals surface area contributed by atoms with E-state index in [0.717, 1.165) is 16.7 Å². The van der Waals surface area contributed by atoms with Crippen molar-refractivity contribution < 1.29 is 13.2 Å². The lowest BCUT2D eigenvalue weighted by molar-refractivity contribution is -0.121. The van der Waals surface area contributed by atoms with Crippen LogP contribution in [0.1, 0.15) is 29.5 Å². The molecule has 1 aliphatic heterocycles. The van der Waals surface area contributed by atoms with Gasteiger partial charge in [-0.15, -0.1) is 0 Å². The molecule has 0 atom stereocenters. The lowest BCUT2D eigenvalue weighted by Crippen LogP contribution is -2.41. The average Bonchev–Trinajstić information content (AvgIpc) is 3.21. The number of amides is 1. The molecule has 1 fully saturated rings. The summed E-state index contributed by atoms with van der Waals surface area (Å²) in [6, 6.07) is 14.6. The summed E-state index contributed by atoms with van der Waals surface area (Å²) in [7, 11) is -3.58. The molecular formula is C24H27ClN4O3S. The first kappa shape index (κ1) is 23.5. The monoisotopic (exact) mass is 486 g/mol. The molecule has 0 bridgehead atoms. The summed E-state index contributed by atoms with van der Waals surface area (Å²) >= 11 is 6.25. The number of halogens is 1. The van der Waals surface area contributed by atoms with Crippen LogP contribution < -0.4 is 5.32 Å². The molecule has 0 spiro atoms. The van der Waals surface area contributed by atoms with E-state index in [-0.39, 0.29) is 11.8 Å². The molecule has 1 saturated heterocycles. The summed E-state index contributed by atoms with van der Waals surface area (Å²) in [5, 5.41) is 7.89. The van der Waals surface area contributed by atoms with E-state index in [2.05, 4.69) is 10.4 Å². The zero-order valence-electron chi connectivity index (χ0n) is 18.7. The van der Waals surface area contributed by atoms with Crippen LogP contribution in [0.5, 0.6) is 0 Å². The molecule has 1 N–H and O–H groups in total. The number of carbonyl (C=O) groups is 1. The van der Waals surface area contributed by atoms with Crippen molar-refractivity contribution in [3.8, 4) is 0 Å². The van der Waals surface area contributed by atoms with Crippen LogP contribution in [0.2, 0.25) is 5.02 Å². The highest BCUT2D eigenvalue weighted by atomic mass is 35.5. The minimum atomic E-state index is -3.58. The van der Waals surface area contributed by atoms with E-state index in [4.69, 9.17) is 11.6 Å². The topological polar surface area (TPSA) is 84.3 Å². The van der Waals surface area contributed by atoms with E-state index in [1.54, 1.807) is 23.0 Å². The van der Waals surface area contributed by atoms with Gasteiger partial charge in [-0.3, -0.25) is 4.79 Å². The van der Waals surface area contributed by atoms with Crippen LogP contribution in [0.3, 0.4) is 0 Å². The maximum atomic E-state index is 13.1. The van der Waals surface area contributed by atoms with Crippen LogP contribution in [0.15, 0.2) is 59.6 Å². The molecule has 0 unspecified atom stereocenters. The van der Waals surface area contributed by atoms with Gasteiger partial charge in [0.25, 0.3) is 0 Å². The SMILES string of the molecule is Cc1ccc(S(=O)(=O)N2CCC(C(=O)Nc3ccnn3Cc3ccccc3Cl)CC2)c(C)c1. The summed E-state index contributed by atoms with van der Waals surface area (Å²) < 4.78 is 29.4. The first-order valence-corrected chi connectivity index (χ1v) is 12.7. The van der Waals surface area contributed by atoms with Crippen molar-refractivity contribution in [3.63, 3.8) is 0 Å². The van der Waals surface area contributed by atoms with Gasteiger partial charge in [0.15, 0.2) is 0 Å². The van der Waals surface area contributed by atoms with Crippen molar-refractivity contribution in [1.29, 1.82) is 0 Å². The highest BCUT2D eigenvalue weighted by Crippen LogP contribution is 2.27. The average molecular weight is 487 g/mol. The van der Waals surface area contributed by atoms with Crippen LogP contribution in [0.4, 0.5) is 5.82 Å². The molecule has 7 nitrogen and oxygen atoms in total.